The van der Waals surface area contributed by atoms with E-state index in [-0.39, 0.29) is 18.9 Å². The standard InChI is InChI=1S/C21H22N2O4S/c1-14-7-9-16(10-8-14)22-21(26)15(2)27-20(25)11-12-23-17-5-3-4-6-18(17)28-13-19(23)24/h3-10,15H,11-13H2,1-2H3,(H,22,26)/t15-/m1/s1. The highest BCUT2D eigenvalue weighted by Crippen LogP contribution is 2.34. The van der Waals surface area contributed by atoms with E-state index in [4.69, 9.17) is 4.74 Å². The molecule has 0 fully saturated rings. The number of para-hydroxylation sites is 1. The van der Waals surface area contributed by atoms with Crippen LogP contribution >= 0.6 is 11.8 Å². The first kappa shape index (κ1) is 19.9. The Bertz CT molecular complexity index is 882. The van der Waals surface area contributed by atoms with Crippen LogP contribution in [0.5, 0.6) is 0 Å². The van der Waals surface area contributed by atoms with E-state index in [9.17, 15) is 14.4 Å². The van der Waals surface area contributed by atoms with E-state index in [0.717, 1.165) is 16.1 Å². The van der Waals surface area contributed by atoms with Crippen molar-refractivity contribution in [2.75, 3.05) is 22.5 Å². The Balaban J connectivity index is 1.52. The minimum absolute atomic E-state index is 0.0207. The maximum atomic E-state index is 12.2. The zero-order valence-electron chi connectivity index (χ0n) is 15.8. The number of esters is 1. The van der Waals surface area contributed by atoms with Crippen molar-refractivity contribution < 1.29 is 19.1 Å². The van der Waals surface area contributed by atoms with Gasteiger partial charge in [0.05, 0.1) is 17.9 Å². The van der Waals surface area contributed by atoms with Gasteiger partial charge in [0.25, 0.3) is 5.91 Å². The monoisotopic (exact) mass is 398 g/mol. The summed E-state index contributed by atoms with van der Waals surface area (Å²) in [5, 5.41) is 2.72. The number of carbonyl (C=O) groups excluding carboxylic acids is 3. The number of fused-ring (bicyclic) bond motifs is 1. The molecule has 146 valence electrons. The fraction of sp³-hybridized carbons (Fsp3) is 0.286. The van der Waals surface area contributed by atoms with Crippen molar-refractivity contribution in [3.8, 4) is 0 Å². The second-order valence-corrected chi connectivity index (χ2v) is 7.56. The average molecular weight is 398 g/mol. The quantitative estimate of drug-likeness (QED) is 0.755. The lowest BCUT2D eigenvalue weighted by Gasteiger charge is -2.28. The van der Waals surface area contributed by atoms with Gasteiger partial charge in [-0.2, -0.15) is 0 Å². The maximum absolute atomic E-state index is 12.2. The van der Waals surface area contributed by atoms with Gasteiger partial charge in [-0.25, -0.2) is 0 Å². The van der Waals surface area contributed by atoms with Crippen LogP contribution in [0.3, 0.4) is 0 Å². The van der Waals surface area contributed by atoms with Gasteiger partial charge in [0, 0.05) is 17.1 Å². The predicted octanol–water partition coefficient (Wildman–Crippen LogP) is 3.39. The molecule has 1 N–H and O–H groups in total. The number of rotatable bonds is 6. The minimum Gasteiger partial charge on any atom is -0.452 e. The molecule has 0 unspecified atom stereocenters. The summed E-state index contributed by atoms with van der Waals surface area (Å²) in [4.78, 5) is 39.2. The number of carbonyl (C=O) groups is 3. The summed E-state index contributed by atoms with van der Waals surface area (Å²) in [6, 6.07) is 15.0. The second kappa shape index (κ2) is 8.93. The van der Waals surface area contributed by atoms with Crippen LogP contribution in [-0.2, 0) is 19.1 Å². The summed E-state index contributed by atoms with van der Waals surface area (Å²) >= 11 is 1.49. The molecule has 28 heavy (non-hydrogen) atoms. The molecule has 1 atom stereocenters. The normalized spacial score (nSPS) is 14.2. The number of ether oxygens (including phenoxy) is 1. The van der Waals surface area contributed by atoms with Crippen LogP contribution in [-0.4, -0.2) is 36.2 Å². The molecule has 0 radical (unpaired) electrons. The Morgan fingerprint density at radius 3 is 2.64 bits per heavy atom. The molecular weight excluding hydrogens is 376 g/mol. The molecule has 2 amide bonds. The fourth-order valence-electron chi connectivity index (χ4n) is 2.79. The molecule has 1 heterocycles. The number of nitrogens with one attached hydrogen (secondary N) is 1. The van der Waals surface area contributed by atoms with E-state index in [0.29, 0.717) is 11.4 Å². The van der Waals surface area contributed by atoms with Gasteiger partial charge in [0.15, 0.2) is 6.10 Å². The number of amides is 2. The van der Waals surface area contributed by atoms with E-state index in [1.165, 1.54) is 18.7 Å². The topological polar surface area (TPSA) is 75.7 Å². The predicted molar refractivity (Wildman–Crippen MR) is 109 cm³/mol. The van der Waals surface area contributed by atoms with Crippen LogP contribution in [0.15, 0.2) is 53.4 Å². The van der Waals surface area contributed by atoms with Gasteiger partial charge >= 0.3 is 5.97 Å². The Morgan fingerprint density at radius 1 is 1.18 bits per heavy atom. The summed E-state index contributed by atoms with van der Waals surface area (Å²) in [7, 11) is 0. The number of hydrogen-bond acceptors (Lipinski definition) is 5. The zero-order valence-corrected chi connectivity index (χ0v) is 16.6. The molecule has 7 heteroatoms. The molecule has 0 spiro atoms. The number of hydrogen-bond donors (Lipinski definition) is 1. The van der Waals surface area contributed by atoms with E-state index in [1.54, 1.807) is 17.0 Å². The third-order valence-electron chi connectivity index (χ3n) is 4.34. The molecule has 0 saturated carbocycles. The first-order valence-corrected chi connectivity index (χ1v) is 10.0. The number of thioether (sulfide) groups is 1. The highest BCUT2D eigenvalue weighted by atomic mass is 32.2. The van der Waals surface area contributed by atoms with Crippen LogP contribution in [0.25, 0.3) is 0 Å². The SMILES string of the molecule is Cc1ccc(NC(=O)[C@@H](C)OC(=O)CCN2C(=O)CSc3ccccc32)cc1. The smallest absolute Gasteiger partial charge is 0.308 e. The Kier molecular flexibility index (Phi) is 6.36. The summed E-state index contributed by atoms with van der Waals surface area (Å²) in [5.41, 5.74) is 2.54. The van der Waals surface area contributed by atoms with Crippen molar-refractivity contribution in [1.82, 2.24) is 0 Å². The average Bonchev–Trinajstić information content (AvgIpc) is 2.69. The fourth-order valence-corrected chi connectivity index (χ4v) is 3.73. The van der Waals surface area contributed by atoms with Crippen LogP contribution in [0.4, 0.5) is 11.4 Å². The third-order valence-corrected chi connectivity index (χ3v) is 5.39. The Morgan fingerprint density at radius 2 is 1.89 bits per heavy atom. The number of nitrogens with zero attached hydrogens (tertiary/aromatic N) is 1. The van der Waals surface area contributed by atoms with Gasteiger partial charge < -0.3 is 15.0 Å². The zero-order chi connectivity index (χ0) is 20.1. The summed E-state index contributed by atoms with van der Waals surface area (Å²) < 4.78 is 5.23. The number of anilines is 2. The highest BCUT2D eigenvalue weighted by Gasteiger charge is 2.25. The lowest BCUT2D eigenvalue weighted by atomic mass is 10.2. The third kappa shape index (κ3) is 4.92. The van der Waals surface area contributed by atoms with Crippen LogP contribution in [0, 0.1) is 6.92 Å². The highest BCUT2D eigenvalue weighted by molar-refractivity contribution is 8.00. The summed E-state index contributed by atoms with van der Waals surface area (Å²) in [6.45, 7) is 3.71. The molecule has 2 aromatic carbocycles. The first-order valence-electron chi connectivity index (χ1n) is 9.03. The second-order valence-electron chi connectivity index (χ2n) is 6.54. The molecule has 0 saturated heterocycles. The molecule has 1 aliphatic rings. The van der Waals surface area contributed by atoms with Crippen LogP contribution in [0.2, 0.25) is 0 Å². The van der Waals surface area contributed by atoms with E-state index >= 15 is 0 Å². The van der Waals surface area contributed by atoms with Crippen molar-refractivity contribution in [3.05, 3.63) is 54.1 Å². The largest absolute Gasteiger partial charge is 0.452 e. The van der Waals surface area contributed by atoms with Crippen LogP contribution < -0.4 is 10.2 Å². The molecule has 0 aliphatic carbocycles. The molecular formula is C21H22N2O4S. The van der Waals surface area contributed by atoms with Crippen molar-refractivity contribution in [3.63, 3.8) is 0 Å². The van der Waals surface area contributed by atoms with Crippen molar-refractivity contribution >= 4 is 40.9 Å². The van der Waals surface area contributed by atoms with Gasteiger partial charge in [0.1, 0.15) is 0 Å². The van der Waals surface area contributed by atoms with Gasteiger partial charge in [-0.05, 0) is 38.1 Å². The first-order chi connectivity index (χ1) is 13.4. The molecule has 2 aromatic rings. The van der Waals surface area contributed by atoms with Crippen molar-refractivity contribution in [2.45, 2.75) is 31.3 Å². The molecule has 3 rings (SSSR count). The van der Waals surface area contributed by atoms with Gasteiger partial charge in [-0.1, -0.05) is 29.8 Å². The number of aryl methyl sites for hydroxylation is 1. The van der Waals surface area contributed by atoms with Gasteiger partial charge in [0.2, 0.25) is 5.91 Å². The maximum Gasteiger partial charge on any atom is 0.308 e. The van der Waals surface area contributed by atoms with E-state index in [2.05, 4.69) is 5.32 Å². The molecule has 6 nitrogen and oxygen atoms in total. The lowest BCUT2D eigenvalue weighted by Crippen LogP contribution is -2.38. The Hall–Kier alpha value is -2.80. The van der Waals surface area contributed by atoms with Gasteiger partial charge in [-0.15, -0.1) is 11.8 Å². The summed E-state index contributed by atoms with van der Waals surface area (Å²) in [5.74, 6) is -0.605. The van der Waals surface area contributed by atoms with Crippen molar-refractivity contribution in [1.29, 1.82) is 0 Å². The van der Waals surface area contributed by atoms with Crippen molar-refractivity contribution in [2.24, 2.45) is 0 Å². The minimum atomic E-state index is -0.922. The lowest BCUT2D eigenvalue weighted by molar-refractivity contribution is -0.152. The summed E-state index contributed by atoms with van der Waals surface area (Å²) in [6.07, 6.45) is -0.902. The van der Waals surface area contributed by atoms with Gasteiger partial charge in [-0.3, -0.25) is 14.4 Å². The van der Waals surface area contributed by atoms with E-state index < -0.39 is 18.0 Å². The Labute approximate surface area is 168 Å². The molecule has 1 aliphatic heterocycles. The number of benzene rings is 2. The molecule has 0 bridgehead atoms. The van der Waals surface area contributed by atoms with Crippen LogP contribution in [0.1, 0.15) is 18.9 Å². The molecule has 0 aromatic heterocycles. The van der Waals surface area contributed by atoms with E-state index in [1.807, 2.05) is 43.3 Å².